The van der Waals surface area contributed by atoms with E-state index in [4.69, 9.17) is 4.74 Å². The van der Waals surface area contributed by atoms with Gasteiger partial charge in [-0.3, -0.25) is 0 Å². The van der Waals surface area contributed by atoms with Crippen LogP contribution in [-0.4, -0.2) is 24.7 Å². The molecule has 2 aromatic carbocycles. The van der Waals surface area contributed by atoms with Gasteiger partial charge in [-0.05, 0) is 19.1 Å². The molecular weight excluding hydrogens is 278 g/mol. The van der Waals surface area contributed by atoms with Crippen molar-refractivity contribution in [3.05, 3.63) is 71.9 Å². The summed E-state index contributed by atoms with van der Waals surface area (Å²) < 4.78 is 5.09. The third-order valence-electron chi connectivity index (χ3n) is 3.22. The van der Waals surface area contributed by atoms with Crippen LogP contribution in [-0.2, 0) is 9.53 Å². The first-order valence-electron chi connectivity index (χ1n) is 7.09. The molecule has 0 radical (unpaired) electrons. The van der Waals surface area contributed by atoms with Crippen LogP contribution in [0.15, 0.2) is 66.4 Å². The Morgan fingerprint density at radius 3 is 2.14 bits per heavy atom. The van der Waals surface area contributed by atoms with Crippen molar-refractivity contribution in [3.63, 3.8) is 0 Å². The zero-order valence-corrected chi connectivity index (χ0v) is 12.7. The highest BCUT2D eigenvalue weighted by Crippen LogP contribution is 2.24. The van der Waals surface area contributed by atoms with Crippen molar-refractivity contribution in [1.82, 2.24) is 0 Å². The highest BCUT2D eigenvalue weighted by atomic mass is 16.5. The Balaban J connectivity index is 2.50. The summed E-state index contributed by atoms with van der Waals surface area (Å²) in [7, 11) is 1.72. The largest absolute Gasteiger partial charge is 0.505 e. The van der Waals surface area contributed by atoms with Gasteiger partial charge in [0, 0.05) is 18.3 Å². The Morgan fingerprint density at radius 1 is 1.05 bits per heavy atom. The number of carbonyl (C=O) groups is 1. The van der Waals surface area contributed by atoms with Crippen LogP contribution in [0.2, 0.25) is 0 Å². The van der Waals surface area contributed by atoms with Crippen LogP contribution in [0.25, 0.3) is 5.76 Å². The molecule has 4 heteroatoms. The SMILES string of the molecule is CCOC(=O)/C(=C(\O)c1ccccc1)N(C)c1ccccc1. The molecule has 2 rings (SSSR count). The Labute approximate surface area is 130 Å². The van der Waals surface area contributed by atoms with Crippen molar-refractivity contribution in [2.24, 2.45) is 0 Å². The van der Waals surface area contributed by atoms with Gasteiger partial charge in [0.05, 0.1) is 6.61 Å². The van der Waals surface area contributed by atoms with Crippen LogP contribution < -0.4 is 4.90 Å². The predicted octanol–water partition coefficient (Wildman–Crippen LogP) is 3.61. The maximum absolute atomic E-state index is 12.3. The van der Waals surface area contributed by atoms with E-state index in [1.807, 2.05) is 36.4 Å². The smallest absolute Gasteiger partial charge is 0.358 e. The number of nitrogens with zero attached hydrogens (tertiary/aromatic N) is 1. The highest BCUT2D eigenvalue weighted by Gasteiger charge is 2.23. The monoisotopic (exact) mass is 297 g/mol. The van der Waals surface area contributed by atoms with Crippen molar-refractivity contribution >= 4 is 17.4 Å². The molecule has 0 aliphatic rings. The van der Waals surface area contributed by atoms with Crippen LogP contribution >= 0.6 is 0 Å². The molecule has 0 bridgehead atoms. The third kappa shape index (κ3) is 3.47. The van der Waals surface area contributed by atoms with Gasteiger partial charge in [-0.25, -0.2) is 4.79 Å². The zero-order valence-electron chi connectivity index (χ0n) is 12.7. The second kappa shape index (κ2) is 7.31. The third-order valence-corrected chi connectivity index (χ3v) is 3.22. The number of rotatable bonds is 5. The fourth-order valence-electron chi connectivity index (χ4n) is 2.11. The van der Waals surface area contributed by atoms with Crippen LogP contribution in [0.4, 0.5) is 5.69 Å². The molecule has 0 saturated carbocycles. The molecule has 0 spiro atoms. The minimum absolute atomic E-state index is 0.106. The lowest BCUT2D eigenvalue weighted by molar-refractivity contribution is -0.138. The summed E-state index contributed by atoms with van der Waals surface area (Å²) in [4.78, 5) is 13.9. The van der Waals surface area contributed by atoms with Gasteiger partial charge in [0.2, 0.25) is 0 Å². The lowest BCUT2D eigenvalue weighted by Crippen LogP contribution is -2.26. The van der Waals surface area contributed by atoms with Crippen molar-refractivity contribution in [2.45, 2.75) is 6.92 Å². The molecular formula is C18H19NO3. The number of hydrogen-bond acceptors (Lipinski definition) is 4. The van der Waals surface area contributed by atoms with E-state index in [1.165, 1.54) is 0 Å². The first kappa shape index (κ1) is 15.6. The van der Waals surface area contributed by atoms with Gasteiger partial charge < -0.3 is 14.7 Å². The van der Waals surface area contributed by atoms with Crippen molar-refractivity contribution in [3.8, 4) is 0 Å². The lowest BCUT2D eigenvalue weighted by atomic mass is 10.1. The van der Waals surface area contributed by atoms with Gasteiger partial charge >= 0.3 is 5.97 Å². The predicted molar refractivity (Wildman–Crippen MR) is 87.5 cm³/mol. The molecule has 4 nitrogen and oxygen atoms in total. The van der Waals surface area contributed by atoms with E-state index in [0.29, 0.717) is 5.56 Å². The number of likely N-dealkylation sites (N-methyl/N-ethyl adjacent to an activating group) is 1. The molecule has 0 heterocycles. The molecule has 0 fully saturated rings. The summed E-state index contributed by atoms with van der Waals surface area (Å²) >= 11 is 0. The maximum atomic E-state index is 12.3. The van der Waals surface area contributed by atoms with Gasteiger partial charge in [-0.1, -0.05) is 48.5 Å². The van der Waals surface area contributed by atoms with Gasteiger partial charge in [-0.15, -0.1) is 0 Å². The van der Waals surface area contributed by atoms with Gasteiger partial charge in [0.15, 0.2) is 11.5 Å². The summed E-state index contributed by atoms with van der Waals surface area (Å²) in [6.45, 7) is 1.98. The van der Waals surface area contributed by atoms with E-state index >= 15 is 0 Å². The van der Waals surface area contributed by atoms with Crippen molar-refractivity contribution in [2.75, 3.05) is 18.6 Å². The molecule has 22 heavy (non-hydrogen) atoms. The van der Waals surface area contributed by atoms with E-state index < -0.39 is 5.97 Å². The number of aliphatic hydroxyl groups excluding tert-OH is 1. The quantitative estimate of drug-likeness (QED) is 0.520. The van der Waals surface area contributed by atoms with Gasteiger partial charge in [0.25, 0.3) is 0 Å². The Bertz CT molecular complexity index is 651. The molecule has 0 aliphatic carbocycles. The molecule has 0 saturated heterocycles. The minimum Gasteiger partial charge on any atom is -0.505 e. The molecule has 0 aliphatic heterocycles. The number of carbonyl (C=O) groups excluding carboxylic acids is 1. The second-order valence-corrected chi connectivity index (χ2v) is 4.68. The second-order valence-electron chi connectivity index (χ2n) is 4.68. The van der Waals surface area contributed by atoms with Gasteiger partial charge in [0.1, 0.15) is 0 Å². The Morgan fingerprint density at radius 2 is 1.59 bits per heavy atom. The van der Waals surface area contributed by atoms with Gasteiger partial charge in [-0.2, -0.15) is 0 Å². The summed E-state index contributed by atoms with van der Waals surface area (Å²) in [5.41, 5.74) is 1.46. The number of benzene rings is 2. The van der Waals surface area contributed by atoms with E-state index in [9.17, 15) is 9.90 Å². The van der Waals surface area contributed by atoms with Crippen LogP contribution in [0, 0.1) is 0 Å². The van der Waals surface area contributed by atoms with Crippen molar-refractivity contribution < 1.29 is 14.6 Å². The summed E-state index contributed by atoms with van der Waals surface area (Å²) in [6.07, 6.45) is 0. The number of anilines is 1. The molecule has 0 aromatic heterocycles. The topological polar surface area (TPSA) is 49.8 Å². The van der Waals surface area contributed by atoms with E-state index in [0.717, 1.165) is 5.69 Å². The Hall–Kier alpha value is -2.75. The number of esters is 1. The van der Waals surface area contributed by atoms with Crippen molar-refractivity contribution in [1.29, 1.82) is 0 Å². The first-order chi connectivity index (χ1) is 10.6. The molecule has 0 atom stereocenters. The molecule has 0 unspecified atom stereocenters. The standard InChI is InChI=1S/C18H19NO3/c1-3-22-18(21)16(17(20)14-10-6-4-7-11-14)19(2)15-12-8-5-9-13-15/h4-13,20H,3H2,1-2H3/b17-16+. The summed E-state index contributed by atoms with van der Waals surface area (Å²) in [5.74, 6) is -0.666. The highest BCUT2D eigenvalue weighted by molar-refractivity contribution is 5.99. The van der Waals surface area contributed by atoms with Crippen LogP contribution in [0.3, 0.4) is 0 Å². The zero-order chi connectivity index (χ0) is 15.9. The van der Waals surface area contributed by atoms with E-state index in [-0.39, 0.29) is 18.1 Å². The van der Waals surface area contributed by atoms with E-state index in [1.54, 1.807) is 43.1 Å². The Kier molecular flexibility index (Phi) is 5.20. The normalized spacial score (nSPS) is 11.5. The minimum atomic E-state index is -0.560. The molecule has 1 N–H and O–H groups in total. The maximum Gasteiger partial charge on any atom is 0.358 e. The number of ether oxygens (including phenoxy) is 1. The average molecular weight is 297 g/mol. The fourth-order valence-corrected chi connectivity index (χ4v) is 2.11. The number of para-hydroxylation sites is 1. The summed E-state index contributed by atoms with van der Waals surface area (Å²) in [6, 6.07) is 18.3. The first-order valence-corrected chi connectivity index (χ1v) is 7.09. The van der Waals surface area contributed by atoms with E-state index in [2.05, 4.69) is 0 Å². The average Bonchev–Trinajstić information content (AvgIpc) is 2.56. The van der Waals surface area contributed by atoms with Crippen LogP contribution in [0.5, 0.6) is 0 Å². The van der Waals surface area contributed by atoms with Crippen LogP contribution in [0.1, 0.15) is 12.5 Å². The fraction of sp³-hybridized carbons (Fsp3) is 0.167. The number of hydrogen-bond donors (Lipinski definition) is 1. The summed E-state index contributed by atoms with van der Waals surface area (Å²) in [5, 5.41) is 10.5. The number of aliphatic hydroxyl groups is 1. The molecule has 2 aromatic rings. The molecule has 0 amide bonds. The lowest BCUT2D eigenvalue weighted by Gasteiger charge is -2.22. The molecule has 114 valence electrons.